The Morgan fingerprint density at radius 3 is 2.65 bits per heavy atom. The molecule has 0 saturated carbocycles. The standard InChI is InChI=1S/C13H19BrN2O/c1-9(2)15-6-7-16-13(17)11-5-4-10(3)12(14)8-11/h4-5,8-9,15H,6-7H2,1-3H3,(H,16,17). The molecule has 0 aliphatic carbocycles. The van der Waals surface area contributed by atoms with Crippen LogP contribution < -0.4 is 10.6 Å². The highest BCUT2D eigenvalue weighted by Gasteiger charge is 2.06. The molecule has 0 aliphatic rings. The summed E-state index contributed by atoms with van der Waals surface area (Å²) in [5.74, 6) is -0.0312. The Morgan fingerprint density at radius 2 is 2.06 bits per heavy atom. The van der Waals surface area contributed by atoms with Gasteiger partial charge in [0.15, 0.2) is 0 Å². The van der Waals surface area contributed by atoms with Crippen molar-refractivity contribution in [3.05, 3.63) is 33.8 Å². The van der Waals surface area contributed by atoms with E-state index in [2.05, 4.69) is 40.4 Å². The van der Waals surface area contributed by atoms with Crippen LogP contribution >= 0.6 is 15.9 Å². The largest absolute Gasteiger partial charge is 0.351 e. The third-order valence-electron chi connectivity index (χ3n) is 2.40. The molecule has 4 heteroatoms. The van der Waals surface area contributed by atoms with E-state index in [1.165, 1.54) is 0 Å². The predicted octanol–water partition coefficient (Wildman–Crippen LogP) is 2.49. The van der Waals surface area contributed by atoms with Gasteiger partial charge in [-0.3, -0.25) is 4.79 Å². The zero-order valence-electron chi connectivity index (χ0n) is 10.5. The summed E-state index contributed by atoms with van der Waals surface area (Å²) in [5.41, 5.74) is 1.81. The highest BCUT2D eigenvalue weighted by Crippen LogP contribution is 2.17. The summed E-state index contributed by atoms with van der Waals surface area (Å²) < 4.78 is 0.963. The third-order valence-corrected chi connectivity index (χ3v) is 3.25. The minimum atomic E-state index is -0.0312. The SMILES string of the molecule is Cc1ccc(C(=O)NCCNC(C)C)cc1Br. The van der Waals surface area contributed by atoms with Gasteiger partial charge in [0.05, 0.1) is 0 Å². The van der Waals surface area contributed by atoms with E-state index in [-0.39, 0.29) is 5.91 Å². The first-order chi connectivity index (χ1) is 8.00. The number of benzene rings is 1. The van der Waals surface area contributed by atoms with E-state index in [0.29, 0.717) is 18.2 Å². The Balaban J connectivity index is 2.44. The molecule has 0 saturated heterocycles. The molecule has 0 unspecified atom stereocenters. The topological polar surface area (TPSA) is 41.1 Å². The van der Waals surface area contributed by atoms with Gasteiger partial charge in [-0.2, -0.15) is 0 Å². The van der Waals surface area contributed by atoms with Gasteiger partial charge in [0.2, 0.25) is 0 Å². The van der Waals surface area contributed by atoms with Crippen molar-refractivity contribution < 1.29 is 4.79 Å². The van der Waals surface area contributed by atoms with Crippen LogP contribution in [0.5, 0.6) is 0 Å². The van der Waals surface area contributed by atoms with Crippen molar-refractivity contribution in [3.8, 4) is 0 Å². The minimum absolute atomic E-state index is 0.0312. The van der Waals surface area contributed by atoms with Crippen LogP contribution in [-0.2, 0) is 0 Å². The maximum atomic E-state index is 11.8. The van der Waals surface area contributed by atoms with Crippen molar-refractivity contribution in [2.24, 2.45) is 0 Å². The van der Waals surface area contributed by atoms with E-state index in [9.17, 15) is 4.79 Å². The zero-order valence-corrected chi connectivity index (χ0v) is 12.1. The van der Waals surface area contributed by atoms with Gasteiger partial charge in [-0.05, 0) is 24.6 Å². The highest BCUT2D eigenvalue weighted by molar-refractivity contribution is 9.10. The van der Waals surface area contributed by atoms with Crippen LogP contribution in [0.25, 0.3) is 0 Å². The van der Waals surface area contributed by atoms with Crippen LogP contribution in [0.1, 0.15) is 29.8 Å². The van der Waals surface area contributed by atoms with Gasteiger partial charge in [0.1, 0.15) is 0 Å². The summed E-state index contributed by atoms with van der Waals surface area (Å²) in [7, 11) is 0. The Kier molecular flexibility index (Phi) is 5.65. The molecule has 0 bridgehead atoms. The van der Waals surface area contributed by atoms with Gasteiger partial charge >= 0.3 is 0 Å². The maximum Gasteiger partial charge on any atom is 0.251 e. The quantitative estimate of drug-likeness (QED) is 0.820. The van der Waals surface area contributed by atoms with Crippen molar-refractivity contribution in [2.75, 3.05) is 13.1 Å². The summed E-state index contributed by atoms with van der Waals surface area (Å²) in [6.45, 7) is 7.59. The van der Waals surface area contributed by atoms with Crippen molar-refractivity contribution >= 4 is 21.8 Å². The zero-order chi connectivity index (χ0) is 12.8. The molecule has 3 nitrogen and oxygen atoms in total. The van der Waals surface area contributed by atoms with E-state index in [4.69, 9.17) is 0 Å². The van der Waals surface area contributed by atoms with E-state index < -0.39 is 0 Å². The predicted molar refractivity (Wildman–Crippen MR) is 74.4 cm³/mol. The molecule has 0 atom stereocenters. The van der Waals surface area contributed by atoms with E-state index in [1.54, 1.807) is 0 Å². The summed E-state index contributed by atoms with van der Waals surface area (Å²) in [6, 6.07) is 6.07. The number of amides is 1. The fourth-order valence-electron chi connectivity index (χ4n) is 1.37. The van der Waals surface area contributed by atoms with Crippen molar-refractivity contribution in [3.63, 3.8) is 0 Å². The first-order valence-electron chi connectivity index (χ1n) is 5.78. The molecule has 0 aromatic heterocycles. The molecule has 0 radical (unpaired) electrons. The minimum Gasteiger partial charge on any atom is -0.351 e. The van der Waals surface area contributed by atoms with Gasteiger partial charge in [0.25, 0.3) is 5.91 Å². The van der Waals surface area contributed by atoms with Crippen molar-refractivity contribution in [1.29, 1.82) is 0 Å². The molecule has 94 valence electrons. The fourth-order valence-corrected chi connectivity index (χ4v) is 1.75. The first kappa shape index (κ1) is 14.2. The molecule has 1 rings (SSSR count). The van der Waals surface area contributed by atoms with Crippen LogP contribution in [-0.4, -0.2) is 25.0 Å². The number of carbonyl (C=O) groups is 1. The molecule has 2 N–H and O–H groups in total. The normalized spacial score (nSPS) is 10.6. The molecule has 1 aromatic rings. The Bertz CT molecular complexity index is 391. The van der Waals surface area contributed by atoms with E-state index in [1.807, 2.05) is 25.1 Å². The summed E-state index contributed by atoms with van der Waals surface area (Å²) in [4.78, 5) is 11.8. The second-order valence-corrected chi connectivity index (χ2v) is 5.18. The molecular weight excluding hydrogens is 280 g/mol. The number of nitrogens with one attached hydrogen (secondary N) is 2. The van der Waals surface area contributed by atoms with Crippen LogP contribution in [0.15, 0.2) is 22.7 Å². The number of rotatable bonds is 5. The van der Waals surface area contributed by atoms with Gasteiger partial charge < -0.3 is 10.6 Å². The highest BCUT2D eigenvalue weighted by atomic mass is 79.9. The summed E-state index contributed by atoms with van der Waals surface area (Å²) in [5, 5.41) is 6.13. The lowest BCUT2D eigenvalue weighted by Crippen LogP contribution is -2.34. The smallest absolute Gasteiger partial charge is 0.251 e. The second kappa shape index (κ2) is 6.77. The maximum absolute atomic E-state index is 11.8. The van der Waals surface area contributed by atoms with Gasteiger partial charge in [-0.25, -0.2) is 0 Å². The molecule has 0 spiro atoms. The number of halogens is 1. The fraction of sp³-hybridized carbons (Fsp3) is 0.462. The molecular formula is C13H19BrN2O. The second-order valence-electron chi connectivity index (χ2n) is 4.33. The molecule has 0 aliphatic heterocycles. The number of carbonyl (C=O) groups excluding carboxylic acids is 1. The average molecular weight is 299 g/mol. The van der Waals surface area contributed by atoms with Crippen LogP contribution in [0.2, 0.25) is 0 Å². The van der Waals surface area contributed by atoms with E-state index >= 15 is 0 Å². The lowest BCUT2D eigenvalue weighted by atomic mass is 10.1. The van der Waals surface area contributed by atoms with Crippen LogP contribution in [0.3, 0.4) is 0 Å². The summed E-state index contributed by atoms with van der Waals surface area (Å²) >= 11 is 3.42. The van der Waals surface area contributed by atoms with Crippen LogP contribution in [0.4, 0.5) is 0 Å². The Hall–Kier alpha value is -0.870. The Morgan fingerprint density at radius 1 is 1.35 bits per heavy atom. The molecule has 1 amide bonds. The lowest BCUT2D eigenvalue weighted by Gasteiger charge is -2.09. The van der Waals surface area contributed by atoms with Crippen molar-refractivity contribution in [1.82, 2.24) is 10.6 Å². The molecule has 1 aromatic carbocycles. The molecule has 0 fully saturated rings. The van der Waals surface area contributed by atoms with Gasteiger partial charge in [-0.15, -0.1) is 0 Å². The average Bonchev–Trinajstić information content (AvgIpc) is 2.27. The van der Waals surface area contributed by atoms with Crippen molar-refractivity contribution in [2.45, 2.75) is 26.8 Å². The molecule has 0 heterocycles. The summed E-state index contributed by atoms with van der Waals surface area (Å²) in [6.07, 6.45) is 0. The van der Waals surface area contributed by atoms with Crippen LogP contribution in [0, 0.1) is 6.92 Å². The van der Waals surface area contributed by atoms with E-state index in [0.717, 1.165) is 16.6 Å². The first-order valence-corrected chi connectivity index (χ1v) is 6.57. The molecule has 17 heavy (non-hydrogen) atoms. The monoisotopic (exact) mass is 298 g/mol. The van der Waals surface area contributed by atoms with Gasteiger partial charge in [-0.1, -0.05) is 35.8 Å². The number of aryl methyl sites for hydroxylation is 1. The third kappa shape index (κ3) is 4.88. The lowest BCUT2D eigenvalue weighted by molar-refractivity contribution is 0.0953. The van der Waals surface area contributed by atoms with Gasteiger partial charge in [0, 0.05) is 29.2 Å². The Labute approximate surface area is 111 Å². The number of hydrogen-bond donors (Lipinski definition) is 2. The number of hydrogen-bond acceptors (Lipinski definition) is 2.